The van der Waals surface area contributed by atoms with Crippen molar-refractivity contribution in [3.05, 3.63) is 89.5 Å². The lowest BCUT2D eigenvalue weighted by Crippen LogP contribution is -2.35. The molecule has 7 heteroatoms. The highest BCUT2D eigenvalue weighted by Gasteiger charge is 2.29. The fourth-order valence-corrected chi connectivity index (χ4v) is 5.35. The van der Waals surface area contributed by atoms with Gasteiger partial charge in [0.25, 0.3) is 15.9 Å². The molecule has 1 amide bonds. The largest absolute Gasteiger partial charge is 0.321 e. The average molecular weight is 435 g/mol. The predicted octanol–water partition coefficient (Wildman–Crippen LogP) is 4.28. The first-order valence-electron chi connectivity index (χ1n) is 10.00. The highest BCUT2D eigenvalue weighted by atomic mass is 32.2. The van der Waals surface area contributed by atoms with Crippen molar-refractivity contribution in [1.29, 1.82) is 0 Å². The first-order chi connectivity index (χ1) is 14.9. The second kappa shape index (κ2) is 8.35. The lowest BCUT2D eigenvalue weighted by Gasteiger charge is -2.30. The number of benzene rings is 3. The molecular formula is C24H22N2O4S. The van der Waals surface area contributed by atoms with Gasteiger partial charge in [-0.3, -0.25) is 13.9 Å². The summed E-state index contributed by atoms with van der Waals surface area (Å²) in [6, 6.07) is 20.1. The third-order valence-electron chi connectivity index (χ3n) is 5.31. The Morgan fingerprint density at radius 1 is 0.935 bits per heavy atom. The van der Waals surface area contributed by atoms with Crippen LogP contribution in [0.1, 0.15) is 39.6 Å². The highest BCUT2D eigenvalue weighted by Crippen LogP contribution is 2.32. The van der Waals surface area contributed by atoms with E-state index in [0.717, 1.165) is 18.4 Å². The number of anilines is 2. The summed E-state index contributed by atoms with van der Waals surface area (Å²) in [6.45, 7) is 1.82. The van der Waals surface area contributed by atoms with Gasteiger partial charge in [-0.05, 0) is 61.7 Å². The van der Waals surface area contributed by atoms with Crippen LogP contribution in [0.25, 0.3) is 0 Å². The first kappa shape index (κ1) is 20.8. The Kier molecular flexibility index (Phi) is 5.61. The number of hydrogen-bond donors (Lipinski definition) is 1. The van der Waals surface area contributed by atoms with E-state index in [1.807, 2.05) is 18.2 Å². The van der Waals surface area contributed by atoms with Gasteiger partial charge in [-0.15, -0.1) is 0 Å². The summed E-state index contributed by atoms with van der Waals surface area (Å²) >= 11 is 0. The van der Waals surface area contributed by atoms with Gasteiger partial charge in [0.05, 0.1) is 16.3 Å². The van der Waals surface area contributed by atoms with E-state index < -0.39 is 15.9 Å². The number of aryl methyl sites for hydroxylation is 1. The molecule has 0 aliphatic carbocycles. The second-order valence-corrected chi connectivity index (χ2v) is 9.26. The topological polar surface area (TPSA) is 83.5 Å². The van der Waals surface area contributed by atoms with E-state index in [1.54, 1.807) is 42.5 Å². The minimum Gasteiger partial charge on any atom is -0.321 e. The number of carbonyl (C=O) groups is 2. The van der Waals surface area contributed by atoms with Crippen LogP contribution < -0.4 is 9.62 Å². The number of ketones is 1. The minimum absolute atomic E-state index is 0.0525. The standard InChI is InChI=1S/C24H22N2O4S/c1-17(27)21-12-3-4-13-22(21)25-24(28)19-9-6-11-20(16-19)31(29,30)26-15-7-10-18-8-2-5-14-23(18)26/h2-6,8-9,11-14,16H,7,10,15H2,1H3,(H,25,28). The molecule has 0 unspecified atom stereocenters. The normalized spacial score (nSPS) is 13.4. The van der Waals surface area contributed by atoms with Crippen molar-refractivity contribution in [3.63, 3.8) is 0 Å². The van der Waals surface area contributed by atoms with Gasteiger partial charge < -0.3 is 5.32 Å². The zero-order valence-corrected chi connectivity index (χ0v) is 17.9. The molecule has 0 fully saturated rings. The molecular weight excluding hydrogens is 412 g/mol. The minimum atomic E-state index is -3.83. The number of hydrogen-bond acceptors (Lipinski definition) is 4. The van der Waals surface area contributed by atoms with Crippen LogP contribution in [0.15, 0.2) is 77.7 Å². The summed E-state index contributed by atoms with van der Waals surface area (Å²) in [6.07, 6.45) is 1.57. The van der Waals surface area contributed by atoms with Crippen molar-refractivity contribution in [2.45, 2.75) is 24.7 Å². The lowest BCUT2D eigenvalue weighted by atomic mass is 10.0. The maximum atomic E-state index is 13.4. The van der Waals surface area contributed by atoms with E-state index in [9.17, 15) is 18.0 Å². The van der Waals surface area contributed by atoms with E-state index in [4.69, 9.17) is 0 Å². The molecule has 0 saturated heterocycles. The number of sulfonamides is 1. The van der Waals surface area contributed by atoms with E-state index in [2.05, 4.69) is 5.32 Å². The Morgan fingerprint density at radius 2 is 1.68 bits per heavy atom. The van der Waals surface area contributed by atoms with Gasteiger partial charge in [0.1, 0.15) is 0 Å². The molecule has 3 aromatic rings. The van der Waals surface area contributed by atoms with E-state index in [1.165, 1.54) is 23.4 Å². The van der Waals surface area contributed by atoms with E-state index >= 15 is 0 Å². The lowest BCUT2D eigenvalue weighted by molar-refractivity contribution is 0.101. The maximum Gasteiger partial charge on any atom is 0.264 e. The molecule has 4 rings (SSSR count). The number of para-hydroxylation sites is 2. The fraction of sp³-hybridized carbons (Fsp3) is 0.167. The van der Waals surface area contributed by atoms with E-state index in [-0.39, 0.29) is 16.2 Å². The van der Waals surface area contributed by atoms with Crippen LogP contribution in [0.2, 0.25) is 0 Å². The van der Waals surface area contributed by atoms with E-state index in [0.29, 0.717) is 23.5 Å². The maximum absolute atomic E-state index is 13.4. The number of nitrogens with one attached hydrogen (secondary N) is 1. The van der Waals surface area contributed by atoms with Gasteiger partial charge >= 0.3 is 0 Å². The van der Waals surface area contributed by atoms with Gasteiger partial charge in [-0.2, -0.15) is 0 Å². The summed E-state index contributed by atoms with van der Waals surface area (Å²) in [5.41, 5.74) is 2.65. The highest BCUT2D eigenvalue weighted by molar-refractivity contribution is 7.92. The molecule has 0 spiro atoms. The Hall–Kier alpha value is -3.45. The number of rotatable bonds is 5. The second-order valence-electron chi connectivity index (χ2n) is 7.39. The molecule has 0 bridgehead atoms. The van der Waals surface area contributed by atoms with Gasteiger partial charge in [0, 0.05) is 17.7 Å². The number of Topliss-reactive ketones (excluding diaryl/α,β-unsaturated/α-hetero) is 1. The van der Waals surface area contributed by atoms with Crippen molar-refractivity contribution in [2.24, 2.45) is 0 Å². The number of fused-ring (bicyclic) bond motifs is 1. The Labute approximate surface area is 181 Å². The first-order valence-corrected chi connectivity index (χ1v) is 11.4. The quantitative estimate of drug-likeness (QED) is 0.608. The Balaban J connectivity index is 1.65. The van der Waals surface area contributed by atoms with Crippen LogP contribution >= 0.6 is 0 Å². The summed E-state index contributed by atoms with van der Waals surface area (Å²) in [4.78, 5) is 24.7. The monoisotopic (exact) mass is 434 g/mol. The van der Waals surface area contributed by atoms with Crippen molar-refractivity contribution in [2.75, 3.05) is 16.2 Å². The number of carbonyl (C=O) groups excluding carboxylic acids is 2. The van der Waals surface area contributed by atoms with Gasteiger partial charge in [0.2, 0.25) is 0 Å². The van der Waals surface area contributed by atoms with Crippen LogP contribution in [0.3, 0.4) is 0 Å². The molecule has 0 radical (unpaired) electrons. The third-order valence-corrected chi connectivity index (χ3v) is 7.12. The van der Waals surface area contributed by atoms with Crippen molar-refractivity contribution >= 4 is 33.1 Å². The average Bonchev–Trinajstić information content (AvgIpc) is 2.79. The summed E-state index contributed by atoms with van der Waals surface area (Å²) in [5.74, 6) is -0.652. The van der Waals surface area contributed by atoms with Crippen LogP contribution in [0, 0.1) is 0 Å². The zero-order valence-electron chi connectivity index (χ0n) is 17.0. The van der Waals surface area contributed by atoms with Crippen LogP contribution in [0.5, 0.6) is 0 Å². The fourth-order valence-electron chi connectivity index (χ4n) is 3.77. The molecule has 1 aliphatic heterocycles. The van der Waals surface area contributed by atoms with Crippen LogP contribution in [-0.2, 0) is 16.4 Å². The van der Waals surface area contributed by atoms with Gasteiger partial charge in [-0.1, -0.05) is 36.4 Å². The summed E-state index contributed by atoms with van der Waals surface area (Å²) in [7, 11) is -3.83. The molecule has 31 heavy (non-hydrogen) atoms. The van der Waals surface area contributed by atoms with Crippen LogP contribution in [-0.4, -0.2) is 26.7 Å². The van der Waals surface area contributed by atoms with Gasteiger partial charge in [-0.25, -0.2) is 8.42 Å². The molecule has 0 saturated carbocycles. The van der Waals surface area contributed by atoms with Crippen LogP contribution in [0.4, 0.5) is 11.4 Å². The van der Waals surface area contributed by atoms with Crippen molar-refractivity contribution < 1.29 is 18.0 Å². The molecule has 1 aliphatic rings. The molecule has 1 N–H and O–H groups in total. The number of nitrogens with zero attached hydrogens (tertiary/aromatic N) is 1. The molecule has 3 aromatic carbocycles. The molecule has 158 valence electrons. The van der Waals surface area contributed by atoms with Gasteiger partial charge in [0.15, 0.2) is 5.78 Å². The van der Waals surface area contributed by atoms with Crippen molar-refractivity contribution in [1.82, 2.24) is 0 Å². The molecule has 6 nitrogen and oxygen atoms in total. The number of amides is 1. The Morgan fingerprint density at radius 3 is 2.48 bits per heavy atom. The SMILES string of the molecule is CC(=O)c1ccccc1NC(=O)c1cccc(S(=O)(=O)N2CCCc3ccccc32)c1. The molecule has 0 aromatic heterocycles. The zero-order chi connectivity index (χ0) is 22.0. The third kappa shape index (κ3) is 4.09. The smallest absolute Gasteiger partial charge is 0.264 e. The summed E-state index contributed by atoms with van der Waals surface area (Å²) in [5, 5.41) is 2.71. The van der Waals surface area contributed by atoms with Crippen molar-refractivity contribution in [3.8, 4) is 0 Å². The molecule has 1 heterocycles. The summed E-state index contributed by atoms with van der Waals surface area (Å²) < 4.78 is 28.2. The Bertz CT molecular complexity index is 1270. The predicted molar refractivity (Wildman–Crippen MR) is 120 cm³/mol. The molecule has 0 atom stereocenters.